The number of amides is 2. The third-order valence-electron chi connectivity index (χ3n) is 3.51. The highest BCUT2D eigenvalue weighted by atomic mass is 32.2. The molecule has 1 saturated heterocycles. The predicted molar refractivity (Wildman–Crippen MR) is 80.4 cm³/mol. The molecule has 0 saturated carbocycles. The van der Waals surface area contributed by atoms with Gasteiger partial charge >= 0.3 is 6.03 Å². The minimum atomic E-state index is -3.09. The molecule has 7 nitrogen and oxygen atoms in total. The van der Waals surface area contributed by atoms with Crippen LogP contribution in [-0.2, 0) is 10.0 Å². The molecule has 1 aliphatic heterocycles. The molecule has 1 aliphatic rings. The Morgan fingerprint density at radius 1 is 1.43 bits per heavy atom. The van der Waals surface area contributed by atoms with Gasteiger partial charge in [-0.15, -0.1) is 0 Å². The molecule has 0 bridgehead atoms. The molecular weight excluding hydrogens is 292 g/mol. The molecule has 21 heavy (non-hydrogen) atoms. The van der Waals surface area contributed by atoms with Crippen LogP contribution in [0.3, 0.4) is 0 Å². The van der Waals surface area contributed by atoms with E-state index in [-0.39, 0.29) is 6.03 Å². The summed E-state index contributed by atoms with van der Waals surface area (Å²) in [7, 11) is -3.09. The number of pyridine rings is 1. The van der Waals surface area contributed by atoms with E-state index in [1.165, 1.54) is 10.6 Å². The van der Waals surface area contributed by atoms with Gasteiger partial charge in [-0.25, -0.2) is 17.5 Å². The van der Waals surface area contributed by atoms with Gasteiger partial charge in [0.15, 0.2) is 0 Å². The van der Waals surface area contributed by atoms with Crippen LogP contribution < -0.4 is 10.6 Å². The largest absolute Gasteiger partial charge is 0.338 e. The van der Waals surface area contributed by atoms with E-state index in [4.69, 9.17) is 0 Å². The Bertz CT molecular complexity index is 568. The average molecular weight is 312 g/mol. The van der Waals surface area contributed by atoms with Crippen molar-refractivity contribution >= 4 is 21.7 Å². The lowest BCUT2D eigenvalue weighted by atomic mass is 9.98. The maximum absolute atomic E-state index is 11.7. The van der Waals surface area contributed by atoms with E-state index in [1.807, 2.05) is 0 Å². The first-order valence-corrected chi connectivity index (χ1v) is 8.70. The summed E-state index contributed by atoms with van der Waals surface area (Å²) >= 11 is 0. The van der Waals surface area contributed by atoms with Crippen molar-refractivity contribution in [2.24, 2.45) is 5.92 Å². The fourth-order valence-electron chi connectivity index (χ4n) is 2.29. The van der Waals surface area contributed by atoms with Crippen molar-refractivity contribution in [3.8, 4) is 0 Å². The molecule has 8 heteroatoms. The first-order chi connectivity index (χ1) is 9.95. The summed E-state index contributed by atoms with van der Waals surface area (Å²) in [5.41, 5.74) is 0.641. The molecule has 0 unspecified atom stereocenters. The van der Waals surface area contributed by atoms with Crippen molar-refractivity contribution in [2.45, 2.75) is 12.8 Å². The minimum Gasteiger partial charge on any atom is -0.338 e. The molecule has 116 valence electrons. The Hall–Kier alpha value is -1.67. The molecule has 1 aromatic rings. The van der Waals surface area contributed by atoms with E-state index in [1.54, 1.807) is 24.5 Å². The molecule has 2 amide bonds. The highest BCUT2D eigenvalue weighted by Crippen LogP contribution is 2.18. The van der Waals surface area contributed by atoms with Crippen LogP contribution in [0.2, 0.25) is 0 Å². The summed E-state index contributed by atoms with van der Waals surface area (Å²) in [6.07, 6.45) is 5.97. The van der Waals surface area contributed by atoms with Gasteiger partial charge in [-0.3, -0.25) is 4.98 Å². The molecule has 2 heterocycles. The van der Waals surface area contributed by atoms with Gasteiger partial charge in [0, 0.05) is 25.8 Å². The van der Waals surface area contributed by atoms with E-state index < -0.39 is 10.0 Å². The van der Waals surface area contributed by atoms with Gasteiger partial charge in [-0.05, 0) is 30.9 Å². The molecular formula is C13H20N4O3S. The van der Waals surface area contributed by atoms with Crippen molar-refractivity contribution < 1.29 is 13.2 Å². The summed E-state index contributed by atoms with van der Waals surface area (Å²) in [6, 6.07) is 3.24. The zero-order valence-corrected chi connectivity index (χ0v) is 12.8. The first-order valence-electron chi connectivity index (χ1n) is 6.85. The van der Waals surface area contributed by atoms with Crippen molar-refractivity contribution in [1.82, 2.24) is 14.6 Å². The van der Waals surface area contributed by atoms with E-state index in [0.717, 1.165) is 12.8 Å². The van der Waals surface area contributed by atoms with Crippen LogP contribution in [0.1, 0.15) is 12.8 Å². The van der Waals surface area contributed by atoms with E-state index in [2.05, 4.69) is 15.6 Å². The summed E-state index contributed by atoms with van der Waals surface area (Å²) in [4.78, 5) is 15.6. The van der Waals surface area contributed by atoms with Gasteiger partial charge < -0.3 is 10.6 Å². The second-order valence-electron chi connectivity index (χ2n) is 5.18. The first kappa shape index (κ1) is 15.7. The summed E-state index contributed by atoms with van der Waals surface area (Å²) in [5, 5.41) is 5.50. The van der Waals surface area contributed by atoms with Gasteiger partial charge in [-0.2, -0.15) is 0 Å². The predicted octanol–water partition coefficient (Wildman–Crippen LogP) is 0.875. The SMILES string of the molecule is CS(=O)(=O)N1CCC(CNC(=O)Nc2cccnc2)CC1. The molecule has 0 aromatic carbocycles. The number of sulfonamides is 1. The van der Waals surface area contributed by atoms with Gasteiger partial charge in [0.25, 0.3) is 0 Å². The molecule has 2 N–H and O–H groups in total. The Kier molecular flexibility index (Phi) is 5.13. The number of nitrogens with one attached hydrogen (secondary N) is 2. The Balaban J connectivity index is 1.71. The zero-order chi connectivity index (χ0) is 15.3. The highest BCUT2D eigenvalue weighted by Gasteiger charge is 2.24. The van der Waals surface area contributed by atoms with Gasteiger partial charge in [0.1, 0.15) is 0 Å². The number of aromatic nitrogens is 1. The fraction of sp³-hybridized carbons (Fsp3) is 0.538. The van der Waals surface area contributed by atoms with Crippen LogP contribution in [0.4, 0.5) is 10.5 Å². The number of piperidine rings is 1. The minimum absolute atomic E-state index is 0.270. The van der Waals surface area contributed by atoms with E-state index in [0.29, 0.717) is 31.2 Å². The van der Waals surface area contributed by atoms with E-state index >= 15 is 0 Å². The van der Waals surface area contributed by atoms with Crippen LogP contribution in [0.15, 0.2) is 24.5 Å². The van der Waals surface area contributed by atoms with Crippen LogP contribution in [-0.4, -0.2) is 49.6 Å². The number of rotatable bonds is 4. The number of hydrogen-bond donors (Lipinski definition) is 2. The number of urea groups is 1. The van der Waals surface area contributed by atoms with Crippen molar-refractivity contribution in [3.63, 3.8) is 0 Å². The number of nitrogens with zero attached hydrogens (tertiary/aromatic N) is 2. The number of hydrogen-bond acceptors (Lipinski definition) is 4. The van der Waals surface area contributed by atoms with Crippen molar-refractivity contribution in [3.05, 3.63) is 24.5 Å². The van der Waals surface area contributed by atoms with Crippen LogP contribution in [0.5, 0.6) is 0 Å². The Morgan fingerprint density at radius 3 is 2.71 bits per heavy atom. The molecule has 1 aromatic heterocycles. The molecule has 0 aliphatic carbocycles. The fourth-order valence-corrected chi connectivity index (χ4v) is 3.17. The molecule has 1 fully saturated rings. The van der Waals surface area contributed by atoms with Crippen LogP contribution >= 0.6 is 0 Å². The third-order valence-corrected chi connectivity index (χ3v) is 4.82. The van der Waals surface area contributed by atoms with Gasteiger partial charge in [0.2, 0.25) is 10.0 Å². The number of anilines is 1. The van der Waals surface area contributed by atoms with Crippen LogP contribution in [0.25, 0.3) is 0 Å². The van der Waals surface area contributed by atoms with Gasteiger partial charge in [0.05, 0.1) is 18.1 Å². The maximum Gasteiger partial charge on any atom is 0.319 e. The number of carbonyl (C=O) groups excluding carboxylic acids is 1. The lowest BCUT2D eigenvalue weighted by Gasteiger charge is -2.30. The van der Waals surface area contributed by atoms with Crippen LogP contribution in [0, 0.1) is 5.92 Å². The van der Waals surface area contributed by atoms with E-state index in [9.17, 15) is 13.2 Å². The van der Waals surface area contributed by atoms with Crippen molar-refractivity contribution in [2.75, 3.05) is 31.2 Å². The van der Waals surface area contributed by atoms with Crippen molar-refractivity contribution in [1.29, 1.82) is 0 Å². The lowest BCUT2D eigenvalue weighted by molar-refractivity contribution is 0.241. The summed E-state index contributed by atoms with van der Waals surface area (Å²) in [5.74, 6) is 0.308. The quantitative estimate of drug-likeness (QED) is 0.863. The second-order valence-corrected chi connectivity index (χ2v) is 7.16. The number of carbonyl (C=O) groups is 1. The topological polar surface area (TPSA) is 91.4 Å². The second kappa shape index (κ2) is 6.86. The maximum atomic E-state index is 11.7. The van der Waals surface area contributed by atoms with Gasteiger partial charge in [-0.1, -0.05) is 0 Å². The molecule has 0 spiro atoms. The molecule has 2 rings (SSSR count). The Labute approximate surface area is 124 Å². The lowest BCUT2D eigenvalue weighted by Crippen LogP contribution is -2.41. The molecule has 0 radical (unpaired) electrons. The highest BCUT2D eigenvalue weighted by molar-refractivity contribution is 7.88. The third kappa shape index (κ3) is 4.98. The average Bonchev–Trinajstić information content (AvgIpc) is 2.46. The normalized spacial score (nSPS) is 17.4. The zero-order valence-electron chi connectivity index (χ0n) is 11.9. The summed E-state index contributed by atoms with van der Waals surface area (Å²) in [6.45, 7) is 1.59. The monoisotopic (exact) mass is 312 g/mol. The smallest absolute Gasteiger partial charge is 0.319 e. The standard InChI is InChI=1S/C13H20N4O3S/c1-21(19,20)17-7-4-11(5-8-17)9-15-13(18)16-12-3-2-6-14-10-12/h2-3,6,10-11H,4-5,7-9H2,1H3,(H2,15,16,18). The Morgan fingerprint density at radius 2 is 2.14 bits per heavy atom. The molecule has 0 atom stereocenters. The summed E-state index contributed by atoms with van der Waals surface area (Å²) < 4.78 is 24.3.